The standard InChI is InChI=1S/C10H11ClN2O/c11-8-3-1-7(2-4-8)10-13-9(5-12)6-14-10/h1-4,9H,5-6,12H2. The Morgan fingerprint density at radius 2 is 2.14 bits per heavy atom. The molecule has 1 atom stereocenters. The summed E-state index contributed by atoms with van der Waals surface area (Å²) in [6.07, 6.45) is 0. The Balaban J connectivity index is 2.20. The van der Waals surface area contributed by atoms with E-state index in [1.165, 1.54) is 0 Å². The normalized spacial score (nSPS) is 20.4. The SMILES string of the molecule is NCC1COC(c2ccc(Cl)cc2)=N1. The first-order chi connectivity index (χ1) is 6.79. The monoisotopic (exact) mass is 210 g/mol. The summed E-state index contributed by atoms with van der Waals surface area (Å²) < 4.78 is 5.41. The molecule has 0 fully saturated rings. The number of hydrogen-bond acceptors (Lipinski definition) is 3. The average molecular weight is 211 g/mol. The molecule has 0 saturated heterocycles. The Morgan fingerprint density at radius 1 is 1.43 bits per heavy atom. The summed E-state index contributed by atoms with van der Waals surface area (Å²) in [6, 6.07) is 7.51. The number of benzene rings is 1. The number of rotatable bonds is 2. The number of hydrogen-bond donors (Lipinski definition) is 1. The zero-order valence-corrected chi connectivity index (χ0v) is 8.37. The van der Waals surface area contributed by atoms with Gasteiger partial charge in [0.15, 0.2) is 0 Å². The van der Waals surface area contributed by atoms with Crippen LogP contribution in [0.15, 0.2) is 29.3 Å². The maximum Gasteiger partial charge on any atom is 0.216 e. The van der Waals surface area contributed by atoms with Crippen molar-refractivity contribution in [2.45, 2.75) is 6.04 Å². The van der Waals surface area contributed by atoms with Gasteiger partial charge < -0.3 is 10.5 Å². The second kappa shape index (κ2) is 3.98. The Morgan fingerprint density at radius 3 is 2.71 bits per heavy atom. The summed E-state index contributed by atoms with van der Waals surface area (Å²) in [5, 5.41) is 0.711. The molecule has 4 heteroatoms. The molecule has 1 aliphatic heterocycles. The lowest BCUT2D eigenvalue weighted by atomic mass is 10.2. The number of aliphatic imine (C=N–C) groups is 1. The van der Waals surface area contributed by atoms with Crippen molar-refractivity contribution in [3.8, 4) is 0 Å². The smallest absolute Gasteiger partial charge is 0.216 e. The van der Waals surface area contributed by atoms with E-state index in [9.17, 15) is 0 Å². The molecule has 1 aliphatic rings. The highest BCUT2D eigenvalue weighted by Gasteiger charge is 2.18. The second-order valence-corrected chi connectivity index (χ2v) is 3.58. The molecular weight excluding hydrogens is 200 g/mol. The Kier molecular flexibility index (Phi) is 2.70. The first-order valence-corrected chi connectivity index (χ1v) is 4.84. The molecule has 0 amide bonds. The third kappa shape index (κ3) is 1.89. The molecule has 0 aliphatic carbocycles. The van der Waals surface area contributed by atoms with Crippen LogP contribution in [0.5, 0.6) is 0 Å². The van der Waals surface area contributed by atoms with Crippen LogP contribution < -0.4 is 5.73 Å². The fourth-order valence-electron chi connectivity index (χ4n) is 1.29. The van der Waals surface area contributed by atoms with E-state index in [0.717, 1.165) is 5.56 Å². The molecule has 0 saturated carbocycles. The minimum absolute atomic E-state index is 0.0979. The summed E-state index contributed by atoms with van der Waals surface area (Å²) >= 11 is 5.77. The van der Waals surface area contributed by atoms with E-state index in [4.69, 9.17) is 22.1 Å². The summed E-state index contributed by atoms with van der Waals surface area (Å²) in [7, 11) is 0. The van der Waals surface area contributed by atoms with Crippen LogP contribution in [0.3, 0.4) is 0 Å². The third-order valence-corrected chi connectivity index (χ3v) is 2.33. The quantitative estimate of drug-likeness (QED) is 0.803. The van der Waals surface area contributed by atoms with Crippen molar-refractivity contribution in [3.05, 3.63) is 34.9 Å². The van der Waals surface area contributed by atoms with Crippen molar-refractivity contribution in [2.24, 2.45) is 10.7 Å². The Hall–Kier alpha value is -1.06. The zero-order valence-electron chi connectivity index (χ0n) is 7.61. The van der Waals surface area contributed by atoms with Crippen LogP contribution in [-0.4, -0.2) is 25.1 Å². The summed E-state index contributed by atoms with van der Waals surface area (Å²) in [5.41, 5.74) is 6.44. The topological polar surface area (TPSA) is 47.6 Å². The van der Waals surface area contributed by atoms with Gasteiger partial charge in [-0.2, -0.15) is 0 Å². The van der Waals surface area contributed by atoms with Gasteiger partial charge in [0.05, 0.1) is 0 Å². The molecular formula is C10H11ClN2O. The molecule has 2 rings (SSSR count). The highest BCUT2D eigenvalue weighted by molar-refractivity contribution is 6.30. The fourth-order valence-corrected chi connectivity index (χ4v) is 1.41. The molecule has 0 spiro atoms. The molecule has 2 N–H and O–H groups in total. The van der Waals surface area contributed by atoms with E-state index >= 15 is 0 Å². The van der Waals surface area contributed by atoms with Crippen molar-refractivity contribution in [2.75, 3.05) is 13.2 Å². The third-order valence-electron chi connectivity index (χ3n) is 2.08. The number of ether oxygens (including phenoxy) is 1. The highest BCUT2D eigenvalue weighted by atomic mass is 35.5. The van der Waals surface area contributed by atoms with Gasteiger partial charge >= 0.3 is 0 Å². The molecule has 14 heavy (non-hydrogen) atoms. The molecule has 3 nitrogen and oxygen atoms in total. The van der Waals surface area contributed by atoms with E-state index < -0.39 is 0 Å². The van der Waals surface area contributed by atoms with E-state index in [0.29, 0.717) is 24.1 Å². The van der Waals surface area contributed by atoms with E-state index in [1.54, 1.807) is 0 Å². The van der Waals surface area contributed by atoms with Crippen LogP contribution in [0.4, 0.5) is 0 Å². The molecule has 1 aromatic rings. The molecule has 1 unspecified atom stereocenters. The van der Waals surface area contributed by atoms with Crippen molar-refractivity contribution in [1.29, 1.82) is 0 Å². The second-order valence-electron chi connectivity index (χ2n) is 3.14. The van der Waals surface area contributed by atoms with Gasteiger partial charge in [-0.1, -0.05) is 11.6 Å². The lowest BCUT2D eigenvalue weighted by Crippen LogP contribution is -2.18. The number of nitrogens with zero attached hydrogens (tertiary/aromatic N) is 1. The number of halogens is 1. The predicted octanol–water partition coefficient (Wildman–Crippen LogP) is 1.44. The average Bonchev–Trinajstić information content (AvgIpc) is 2.67. The minimum atomic E-state index is 0.0979. The van der Waals surface area contributed by atoms with Crippen molar-refractivity contribution in [1.82, 2.24) is 0 Å². The zero-order chi connectivity index (χ0) is 9.97. The predicted molar refractivity (Wildman–Crippen MR) is 56.8 cm³/mol. The lowest BCUT2D eigenvalue weighted by Gasteiger charge is -2.00. The van der Waals surface area contributed by atoms with Crippen molar-refractivity contribution < 1.29 is 4.74 Å². The van der Waals surface area contributed by atoms with Crippen LogP contribution in [-0.2, 0) is 4.74 Å². The van der Waals surface area contributed by atoms with Gasteiger partial charge in [-0.05, 0) is 24.3 Å². The molecule has 1 heterocycles. The van der Waals surface area contributed by atoms with Gasteiger partial charge in [0.1, 0.15) is 12.6 Å². The molecule has 0 aromatic heterocycles. The van der Waals surface area contributed by atoms with Crippen LogP contribution in [0.25, 0.3) is 0 Å². The van der Waals surface area contributed by atoms with E-state index in [-0.39, 0.29) is 6.04 Å². The van der Waals surface area contributed by atoms with E-state index in [1.807, 2.05) is 24.3 Å². The van der Waals surface area contributed by atoms with Gasteiger partial charge in [0.25, 0.3) is 0 Å². The van der Waals surface area contributed by atoms with Crippen LogP contribution in [0, 0.1) is 0 Å². The fraction of sp³-hybridized carbons (Fsp3) is 0.300. The maximum absolute atomic E-state index is 5.77. The van der Waals surface area contributed by atoms with Gasteiger partial charge in [0, 0.05) is 17.1 Å². The van der Waals surface area contributed by atoms with Crippen LogP contribution >= 0.6 is 11.6 Å². The Labute approximate surface area is 87.5 Å². The maximum atomic E-state index is 5.77. The first-order valence-electron chi connectivity index (χ1n) is 4.46. The van der Waals surface area contributed by atoms with Crippen molar-refractivity contribution >= 4 is 17.5 Å². The Bertz CT molecular complexity index is 348. The van der Waals surface area contributed by atoms with E-state index in [2.05, 4.69) is 4.99 Å². The largest absolute Gasteiger partial charge is 0.475 e. The van der Waals surface area contributed by atoms with Gasteiger partial charge in [-0.15, -0.1) is 0 Å². The molecule has 0 radical (unpaired) electrons. The van der Waals surface area contributed by atoms with Gasteiger partial charge in [0.2, 0.25) is 5.90 Å². The summed E-state index contributed by atoms with van der Waals surface area (Å²) in [5.74, 6) is 0.664. The minimum Gasteiger partial charge on any atom is -0.475 e. The summed E-state index contributed by atoms with van der Waals surface area (Å²) in [4.78, 5) is 4.33. The van der Waals surface area contributed by atoms with Gasteiger partial charge in [-0.25, -0.2) is 4.99 Å². The number of nitrogens with two attached hydrogens (primary N) is 1. The summed E-state index contributed by atoms with van der Waals surface area (Å²) in [6.45, 7) is 1.10. The van der Waals surface area contributed by atoms with Gasteiger partial charge in [-0.3, -0.25) is 0 Å². The first kappa shape index (κ1) is 9.49. The van der Waals surface area contributed by atoms with Crippen LogP contribution in [0.1, 0.15) is 5.56 Å². The van der Waals surface area contributed by atoms with Crippen molar-refractivity contribution in [3.63, 3.8) is 0 Å². The highest BCUT2D eigenvalue weighted by Crippen LogP contribution is 2.14. The molecule has 74 valence electrons. The molecule has 1 aromatic carbocycles. The molecule has 0 bridgehead atoms. The lowest BCUT2D eigenvalue weighted by molar-refractivity contribution is 0.319. The van der Waals surface area contributed by atoms with Crippen LogP contribution in [0.2, 0.25) is 5.02 Å².